The zero-order chi connectivity index (χ0) is 12.5. The SMILES string of the molecule is Cc1ncc(S(=O)(=O)N2CCNCC2C#N)s1. The van der Waals surface area contributed by atoms with Gasteiger partial charge >= 0.3 is 0 Å². The van der Waals surface area contributed by atoms with Crippen LogP contribution in [-0.4, -0.2) is 43.4 Å². The fraction of sp³-hybridized carbons (Fsp3) is 0.556. The molecule has 1 saturated heterocycles. The Labute approximate surface area is 104 Å². The van der Waals surface area contributed by atoms with E-state index in [9.17, 15) is 8.42 Å². The summed E-state index contributed by atoms with van der Waals surface area (Å²) in [5.41, 5.74) is 0. The lowest BCUT2D eigenvalue weighted by Gasteiger charge is -2.30. The van der Waals surface area contributed by atoms with Crippen LogP contribution < -0.4 is 5.32 Å². The van der Waals surface area contributed by atoms with Gasteiger partial charge < -0.3 is 5.32 Å². The molecule has 0 radical (unpaired) electrons. The molecule has 6 nitrogen and oxygen atoms in total. The highest BCUT2D eigenvalue weighted by molar-refractivity contribution is 7.91. The van der Waals surface area contributed by atoms with Crippen molar-refractivity contribution in [2.75, 3.05) is 19.6 Å². The molecule has 0 amide bonds. The molecular formula is C9H12N4O2S2. The van der Waals surface area contributed by atoms with Crippen LogP contribution in [0.25, 0.3) is 0 Å². The summed E-state index contributed by atoms with van der Waals surface area (Å²) < 4.78 is 26.0. The Hall–Kier alpha value is -1.01. The molecule has 1 aliphatic heterocycles. The number of rotatable bonds is 2. The van der Waals surface area contributed by atoms with Gasteiger partial charge in [-0.1, -0.05) is 0 Å². The fourth-order valence-corrected chi connectivity index (χ4v) is 4.44. The molecule has 1 aromatic rings. The van der Waals surface area contributed by atoms with Gasteiger partial charge in [-0.15, -0.1) is 11.3 Å². The number of sulfonamides is 1. The predicted octanol–water partition coefficient (Wildman–Crippen LogP) is -0.0624. The fourth-order valence-electron chi connectivity index (χ4n) is 1.66. The van der Waals surface area contributed by atoms with Crippen molar-refractivity contribution in [3.05, 3.63) is 11.2 Å². The summed E-state index contributed by atoms with van der Waals surface area (Å²) in [5.74, 6) is 0. The Kier molecular flexibility index (Phi) is 3.44. The van der Waals surface area contributed by atoms with Gasteiger partial charge in [0.05, 0.1) is 17.3 Å². The van der Waals surface area contributed by atoms with Crippen LogP contribution in [0.15, 0.2) is 10.4 Å². The van der Waals surface area contributed by atoms with Crippen LogP contribution in [-0.2, 0) is 10.0 Å². The topological polar surface area (TPSA) is 86.1 Å². The molecule has 1 aromatic heterocycles. The average molecular weight is 272 g/mol. The zero-order valence-electron chi connectivity index (χ0n) is 9.25. The van der Waals surface area contributed by atoms with Gasteiger partial charge in [-0.2, -0.15) is 9.57 Å². The molecule has 1 N–H and O–H groups in total. The van der Waals surface area contributed by atoms with E-state index in [0.717, 1.165) is 11.3 Å². The largest absolute Gasteiger partial charge is 0.313 e. The van der Waals surface area contributed by atoms with E-state index in [0.29, 0.717) is 24.6 Å². The smallest absolute Gasteiger partial charge is 0.255 e. The summed E-state index contributed by atoms with van der Waals surface area (Å²) in [4.78, 5) is 3.94. The summed E-state index contributed by atoms with van der Waals surface area (Å²) in [6.45, 7) is 3.00. The van der Waals surface area contributed by atoms with Gasteiger partial charge in [0.25, 0.3) is 10.0 Å². The Bertz CT molecular complexity index is 546. The van der Waals surface area contributed by atoms with E-state index < -0.39 is 16.1 Å². The van der Waals surface area contributed by atoms with Gasteiger partial charge in [0.2, 0.25) is 0 Å². The van der Waals surface area contributed by atoms with Gasteiger partial charge in [-0.25, -0.2) is 13.4 Å². The number of hydrogen-bond acceptors (Lipinski definition) is 6. The molecular weight excluding hydrogens is 260 g/mol. The summed E-state index contributed by atoms with van der Waals surface area (Å²) in [5, 5.41) is 12.7. The highest BCUT2D eigenvalue weighted by atomic mass is 32.2. The molecule has 17 heavy (non-hydrogen) atoms. The second-order valence-corrected chi connectivity index (χ2v) is 7.02. The molecule has 0 spiro atoms. The minimum atomic E-state index is -3.58. The first-order chi connectivity index (χ1) is 8.05. The first kappa shape index (κ1) is 12.4. The number of nitriles is 1. The quantitative estimate of drug-likeness (QED) is 0.815. The monoisotopic (exact) mass is 272 g/mol. The maximum absolute atomic E-state index is 12.3. The van der Waals surface area contributed by atoms with Crippen LogP contribution in [0.4, 0.5) is 0 Å². The Balaban J connectivity index is 2.35. The van der Waals surface area contributed by atoms with Crippen LogP contribution in [0.1, 0.15) is 5.01 Å². The van der Waals surface area contributed by atoms with Crippen molar-refractivity contribution in [3.63, 3.8) is 0 Å². The highest BCUT2D eigenvalue weighted by Gasteiger charge is 2.34. The number of hydrogen-bond donors (Lipinski definition) is 1. The van der Waals surface area contributed by atoms with Crippen molar-refractivity contribution in [2.24, 2.45) is 0 Å². The van der Waals surface area contributed by atoms with Gasteiger partial charge in [0, 0.05) is 19.6 Å². The van der Waals surface area contributed by atoms with E-state index in [-0.39, 0.29) is 4.21 Å². The van der Waals surface area contributed by atoms with E-state index in [2.05, 4.69) is 10.3 Å². The van der Waals surface area contributed by atoms with Crippen LogP contribution in [0, 0.1) is 18.3 Å². The number of nitrogens with zero attached hydrogens (tertiary/aromatic N) is 3. The lowest BCUT2D eigenvalue weighted by atomic mass is 10.3. The lowest BCUT2D eigenvalue weighted by molar-refractivity contribution is 0.312. The van der Waals surface area contributed by atoms with E-state index in [1.165, 1.54) is 10.5 Å². The Morgan fingerprint density at radius 3 is 3.06 bits per heavy atom. The van der Waals surface area contributed by atoms with Crippen molar-refractivity contribution in [3.8, 4) is 6.07 Å². The first-order valence-electron chi connectivity index (χ1n) is 5.10. The number of aryl methyl sites for hydroxylation is 1. The summed E-state index contributed by atoms with van der Waals surface area (Å²) in [6, 6.07) is 1.36. The number of thiazole rings is 1. The minimum absolute atomic E-state index is 0.206. The molecule has 92 valence electrons. The molecule has 2 heterocycles. The third-order valence-electron chi connectivity index (χ3n) is 2.51. The number of nitrogens with one attached hydrogen (secondary N) is 1. The van der Waals surface area contributed by atoms with Crippen molar-refractivity contribution in [1.29, 1.82) is 5.26 Å². The van der Waals surface area contributed by atoms with E-state index in [4.69, 9.17) is 5.26 Å². The summed E-state index contributed by atoms with van der Waals surface area (Å²) >= 11 is 1.13. The van der Waals surface area contributed by atoms with Crippen molar-refractivity contribution in [1.82, 2.24) is 14.6 Å². The molecule has 0 aromatic carbocycles. The third kappa shape index (κ3) is 2.32. The number of piperazine rings is 1. The second-order valence-electron chi connectivity index (χ2n) is 3.66. The molecule has 0 aliphatic carbocycles. The summed E-state index contributed by atoms with van der Waals surface area (Å²) in [7, 11) is -3.58. The molecule has 1 fully saturated rings. The summed E-state index contributed by atoms with van der Waals surface area (Å²) in [6.07, 6.45) is 1.35. The first-order valence-corrected chi connectivity index (χ1v) is 7.36. The second kappa shape index (κ2) is 4.70. The molecule has 2 rings (SSSR count). The van der Waals surface area contributed by atoms with Crippen molar-refractivity contribution in [2.45, 2.75) is 17.2 Å². The predicted molar refractivity (Wildman–Crippen MR) is 63.0 cm³/mol. The van der Waals surface area contributed by atoms with Crippen molar-refractivity contribution >= 4 is 21.4 Å². The van der Waals surface area contributed by atoms with Gasteiger partial charge in [-0.05, 0) is 6.92 Å². The van der Waals surface area contributed by atoms with Gasteiger partial charge in [0.15, 0.2) is 4.21 Å². The maximum Gasteiger partial charge on any atom is 0.255 e. The van der Waals surface area contributed by atoms with E-state index in [1.807, 2.05) is 6.07 Å². The van der Waals surface area contributed by atoms with Crippen LogP contribution in [0.2, 0.25) is 0 Å². The molecule has 0 bridgehead atoms. The van der Waals surface area contributed by atoms with Crippen LogP contribution >= 0.6 is 11.3 Å². The van der Waals surface area contributed by atoms with Crippen LogP contribution in [0.5, 0.6) is 0 Å². The Morgan fingerprint density at radius 2 is 2.47 bits per heavy atom. The Morgan fingerprint density at radius 1 is 1.71 bits per heavy atom. The number of aromatic nitrogens is 1. The average Bonchev–Trinajstić information content (AvgIpc) is 2.76. The minimum Gasteiger partial charge on any atom is -0.313 e. The molecule has 1 unspecified atom stereocenters. The van der Waals surface area contributed by atoms with Gasteiger partial charge in [0.1, 0.15) is 6.04 Å². The molecule has 1 aliphatic rings. The van der Waals surface area contributed by atoms with Gasteiger partial charge in [-0.3, -0.25) is 0 Å². The standard InChI is InChI=1S/C9H12N4O2S2/c1-7-12-6-9(16-7)17(14,15)13-3-2-11-5-8(13)4-10/h6,8,11H,2-3,5H2,1H3. The van der Waals surface area contributed by atoms with Crippen LogP contribution in [0.3, 0.4) is 0 Å². The highest BCUT2D eigenvalue weighted by Crippen LogP contribution is 2.24. The lowest BCUT2D eigenvalue weighted by Crippen LogP contribution is -2.52. The molecule has 8 heteroatoms. The van der Waals surface area contributed by atoms with E-state index >= 15 is 0 Å². The molecule has 1 atom stereocenters. The normalized spacial score (nSPS) is 22.2. The van der Waals surface area contributed by atoms with Crippen molar-refractivity contribution < 1.29 is 8.42 Å². The molecule has 0 saturated carbocycles. The zero-order valence-corrected chi connectivity index (χ0v) is 10.9. The third-order valence-corrected chi connectivity index (χ3v) is 5.76. The van der Waals surface area contributed by atoms with E-state index in [1.54, 1.807) is 6.92 Å². The maximum atomic E-state index is 12.3.